The van der Waals surface area contributed by atoms with Crippen molar-refractivity contribution in [2.45, 2.75) is 36.6 Å². The van der Waals surface area contributed by atoms with Gasteiger partial charge in [-0.1, -0.05) is 0 Å². The standard InChI is InChI=1S/C7H6O4/c8-1-2-4(9-2)6-7-5(11-7)3(1)10-6/h2-7H/t2-,3+,4-,5+,6-,7+/m0/s1. The lowest BCUT2D eigenvalue weighted by Crippen LogP contribution is -2.39. The number of ether oxygens (including phenoxy) is 3. The van der Waals surface area contributed by atoms with Crippen molar-refractivity contribution in [3.05, 3.63) is 0 Å². The molecule has 4 rings (SSSR count). The molecule has 4 aliphatic heterocycles. The molecule has 6 atom stereocenters. The highest BCUT2D eigenvalue weighted by atomic mass is 16.7. The second-order valence-electron chi connectivity index (χ2n) is 3.51. The summed E-state index contributed by atoms with van der Waals surface area (Å²) in [5.74, 6) is 0.0937. The van der Waals surface area contributed by atoms with Crippen molar-refractivity contribution in [1.82, 2.24) is 0 Å². The molecule has 4 nitrogen and oxygen atoms in total. The van der Waals surface area contributed by atoms with Crippen LogP contribution in [0.5, 0.6) is 0 Å². The Hall–Kier alpha value is -0.450. The zero-order valence-electron chi connectivity index (χ0n) is 5.60. The Bertz CT molecular complexity index is 263. The molecular weight excluding hydrogens is 148 g/mol. The highest BCUT2D eigenvalue weighted by Gasteiger charge is 2.73. The van der Waals surface area contributed by atoms with Crippen LogP contribution in [0.25, 0.3) is 0 Å². The Kier molecular flexibility index (Phi) is 0.600. The zero-order valence-corrected chi connectivity index (χ0v) is 5.60. The Labute approximate surface area is 62.4 Å². The maximum atomic E-state index is 11.3. The molecular formula is C7H6O4. The maximum absolute atomic E-state index is 11.3. The molecule has 0 unspecified atom stereocenters. The van der Waals surface area contributed by atoms with Gasteiger partial charge in [-0.3, -0.25) is 4.79 Å². The van der Waals surface area contributed by atoms with Gasteiger partial charge >= 0.3 is 0 Å². The van der Waals surface area contributed by atoms with Crippen molar-refractivity contribution in [2.24, 2.45) is 0 Å². The normalized spacial score (nSPS) is 68.9. The molecule has 4 saturated heterocycles. The third kappa shape index (κ3) is 0.431. The van der Waals surface area contributed by atoms with Crippen molar-refractivity contribution in [2.75, 3.05) is 0 Å². The summed E-state index contributed by atoms with van der Waals surface area (Å²) < 4.78 is 15.9. The second kappa shape index (κ2) is 1.26. The molecule has 0 amide bonds. The van der Waals surface area contributed by atoms with Gasteiger partial charge in [-0.25, -0.2) is 0 Å². The number of epoxide rings is 2. The smallest absolute Gasteiger partial charge is 0.195 e. The van der Waals surface area contributed by atoms with E-state index in [2.05, 4.69) is 0 Å². The molecule has 0 saturated carbocycles. The van der Waals surface area contributed by atoms with Crippen molar-refractivity contribution in [3.63, 3.8) is 0 Å². The molecule has 11 heavy (non-hydrogen) atoms. The Morgan fingerprint density at radius 3 is 2.18 bits per heavy atom. The SMILES string of the molecule is O=C1[C@H]2O[C@H]([C@@H]3O[C@@H]32)[C@H]2O[C@@H]12. The molecule has 0 aromatic rings. The summed E-state index contributed by atoms with van der Waals surface area (Å²) in [6.45, 7) is 0. The fourth-order valence-electron chi connectivity index (χ4n) is 2.23. The second-order valence-corrected chi connectivity index (χ2v) is 3.51. The first-order valence-corrected chi connectivity index (χ1v) is 3.86. The van der Waals surface area contributed by atoms with Gasteiger partial charge in [0, 0.05) is 0 Å². The highest BCUT2D eigenvalue weighted by molar-refractivity contribution is 5.93. The number of ketones is 1. The molecule has 0 N–H and O–H groups in total. The van der Waals surface area contributed by atoms with Crippen LogP contribution in [0.1, 0.15) is 0 Å². The number of rotatable bonds is 0. The van der Waals surface area contributed by atoms with Crippen molar-refractivity contribution >= 4 is 5.78 Å². The van der Waals surface area contributed by atoms with Gasteiger partial charge < -0.3 is 14.2 Å². The highest BCUT2D eigenvalue weighted by Crippen LogP contribution is 2.51. The van der Waals surface area contributed by atoms with Crippen molar-refractivity contribution < 1.29 is 19.0 Å². The number of carbonyl (C=O) groups excluding carboxylic acids is 1. The predicted octanol–water partition coefficient (Wildman–Crippen LogP) is -1.13. The topological polar surface area (TPSA) is 51.4 Å². The summed E-state index contributed by atoms with van der Waals surface area (Å²) in [5, 5.41) is 0. The average Bonchev–Trinajstić information content (AvgIpc) is 2.83. The summed E-state index contributed by atoms with van der Waals surface area (Å²) in [6, 6.07) is 0. The molecule has 4 heteroatoms. The minimum Gasteiger partial charge on any atom is -0.363 e. The van der Waals surface area contributed by atoms with Crippen LogP contribution >= 0.6 is 0 Å². The molecule has 0 aromatic heterocycles. The molecule has 0 radical (unpaired) electrons. The van der Waals surface area contributed by atoms with Crippen LogP contribution in [0.15, 0.2) is 0 Å². The van der Waals surface area contributed by atoms with Gasteiger partial charge in [0.05, 0.1) is 0 Å². The van der Waals surface area contributed by atoms with E-state index in [4.69, 9.17) is 14.2 Å². The van der Waals surface area contributed by atoms with E-state index in [1.807, 2.05) is 0 Å². The molecule has 4 heterocycles. The maximum Gasteiger partial charge on any atom is 0.195 e. The minimum absolute atomic E-state index is 0.0243. The van der Waals surface area contributed by atoms with Gasteiger partial charge in [0.1, 0.15) is 36.6 Å². The van der Waals surface area contributed by atoms with Gasteiger partial charge in [0.2, 0.25) is 0 Å². The lowest BCUT2D eigenvalue weighted by atomic mass is 10.1. The summed E-state index contributed by atoms with van der Waals surface area (Å²) in [6.07, 6.45) is -0.113. The number of fused-ring (bicyclic) bond motifs is 7. The Morgan fingerprint density at radius 1 is 0.818 bits per heavy atom. The first kappa shape index (κ1) is 5.24. The fraction of sp³-hybridized carbons (Fsp3) is 0.857. The van der Waals surface area contributed by atoms with E-state index in [1.165, 1.54) is 0 Å². The Balaban J connectivity index is 1.85. The summed E-state index contributed by atoms with van der Waals surface area (Å²) in [7, 11) is 0. The average molecular weight is 154 g/mol. The summed E-state index contributed by atoms with van der Waals surface area (Å²) in [4.78, 5) is 11.3. The van der Waals surface area contributed by atoms with Crippen LogP contribution in [0, 0.1) is 0 Å². The number of hydrogen-bond acceptors (Lipinski definition) is 4. The summed E-state index contributed by atoms with van der Waals surface area (Å²) in [5.41, 5.74) is 0. The van der Waals surface area contributed by atoms with Gasteiger partial charge in [-0.05, 0) is 0 Å². The van der Waals surface area contributed by atoms with E-state index >= 15 is 0 Å². The molecule has 4 fully saturated rings. The molecule has 2 bridgehead atoms. The first-order valence-electron chi connectivity index (χ1n) is 3.86. The van der Waals surface area contributed by atoms with Crippen LogP contribution in [0.2, 0.25) is 0 Å². The zero-order chi connectivity index (χ0) is 7.16. The van der Waals surface area contributed by atoms with Gasteiger partial charge in [-0.15, -0.1) is 0 Å². The van der Waals surface area contributed by atoms with Gasteiger partial charge in [-0.2, -0.15) is 0 Å². The molecule has 0 spiro atoms. The molecule has 4 aliphatic rings. The lowest BCUT2D eigenvalue weighted by Gasteiger charge is -2.17. The molecule has 0 aliphatic carbocycles. The third-order valence-electron chi connectivity index (χ3n) is 2.90. The van der Waals surface area contributed by atoms with E-state index < -0.39 is 0 Å². The van der Waals surface area contributed by atoms with Crippen LogP contribution in [0.3, 0.4) is 0 Å². The van der Waals surface area contributed by atoms with Crippen molar-refractivity contribution in [3.8, 4) is 0 Å². The van der Waals surface area contributed by atoms with Gasteiger partial charge in [0.15, 0.2) is 5.78 Å². The number of Topliss-reactive ketones (excluding diaryl/α,β-unsaturated/α-hetero) is 1. The van der Waals surface area contributed by atoms with E-state index in [0.29, 0.717) is 0 Å². The fourth-order valence-corrected chi connectivity index (χ4v) is 2.23. The van der Waals surface area contributed by atoms with Crippen LogP contribution in [-0.2, 0) is 19.0 Å². The molecule has 58 valence electrons. The summed E-state index contributed by atoms with van der Waals surface area (Å²) >= 11 is 0. The van der Waals surface area contributed by atoms with Crippen LogP contribution in [0.4, 0.5) is 0 Å². The minimum atomic E-state index is -0.297. The quantitative estimate of drug-likeness (QED) is 0.414. The number of carbonyl (C=O) groups is 1. The lowest BCUT2D eigenvalue weighted by molar-refractivity contribution is -0.139. The van der Waals surface area contributed by atoms with E-state index in [-0.39, 0.29) is 42.4 Å². The monoisotopic (exact) mass is 154 g/mol. The van der Waals surface area contributed by atoms with E-state index in [1.54, 1.807) is 0 Å². The van der Waals surface area contributed by atoms with Crippen LogP contribution < -0.4 is 0 Å². The van der Waals surface area contributed by atoms with Crippen molar-refractivity contribution in [1.29, 1.82) is 0 Å². The number of hydrogen-bond donors (Lipinski definition) is 0. The van der Waals surface area contributed by atoms with E-state index in [0.717, 1.165) is 0 Å². The predicted molar refractivity (Wildman–Crippen MR) is 31.0 cm³/mol. The van der Waals surface area contributed by atoms with E-state index in [9.17, 15) is 4.79 Å². The van der Waals surface area contributed by atoms with Crippen LogP contribution in [-0.4, -0.2) is 42.4 Å². The first-order chi connectivity index (χ1) is 5.36. The Morgan fingerprint density at radius 2 is 1.36 bits per heavy atom. The van der Waals surface area contributed by atoms with Gasteiger partial charge in [0.25, 0.3) is 0 Å². The largest absolute Gasteiger partial charge is 0.363 e. The third-order valence-corrected chi connectivity index (χ3v) is 2.90. The molecule has 0 aromatic carbocycles.